The lowest BCUT2D eigenvalue weighted by Gasteiger charge is -2.14. The highest BCUT2D eigenvalue weighted by molar-refractivity contribution is 6.14. The van der Waals surface area contributed by atoms with Crippen LogP contribution < -0.4 is 26.8 Å². The molecule has 6 N–H and O–H groups in total. The minimum atomic E-state index is -0.670. The highest BCUT2D eigenvalue weighted by atomic mass is 16.5. The molecule has 0 saturated carbocycles. The molecule has 18 heteroatoms. The summed E-state index contributed by atoms with van der Waals surface area (Å²) in [5.41, 5.74) is 16.3. The fourth-order valence-corrected chi connectivity index (χ4v) is 7.09. The van der Waals surface area contributed by atoms with Gasteiger partial charge < -0.3 is 29.8 Å². The lowest BCUT2D eigenvalue weighted by atomic mass is 10.1. The number of nitrogens with one attached hydrogen (secondary N) is 2. The first kappa shape index (κ1) is 37.3. The molecule has 0 aliphatic heterocycles. The van der Waals surface area contributed by atoms with Crippen LogP contribution in [0.4, 0.5) is 11.9 Å². The number of nitrogens with two attached hydrogens (primary N) is 2. The Labute approximate surface area is 319 Å². The second kappa shape index (κ2) is 14.7. The van der Waals surface area contributed by atoms with Crippen molar-refractivity contribution in [3.8, 4) is 5.75 Å². The summed E-state index contributed by atoms with van der Waals surface area (Å²) < 4.78 is 18.6. The number of imidazole rings is 2. The van der Waals surface area contributed by atoms with Gasteiger partial charge >= 0.3 is 0 Å². The Morgan fingerprint density at radius 1 is 0.732 bits per heavy atom. The molecule has 0 atom stereocenters. The first-order valence-electron chi connectivity index (χ1n) is 18.1. The number of aryl methyl sites for hydroxylation is 7. The predicted molar refractivity (Wildman–Crippen MR) is 208 cm³/mol. The molecule has 2 aromatic carbocycles. The minimum absolute atomic E-state index is 0.176. The number of hydrogen-bond acceptors (Lipinski definition) is 10. The Hall–Kier alpha value is -6.98. The standard InChI is InChI=1S/C38H42N12O6/c1-7-49-27(13-19(3)45-49)35(53)43-37-42-26-18-24(34(40)52)32-23(15-21(5)56-32)30(26)47(37)11-9-10-12-48-31-25(16-22(33(39)51)17-29(31)55-6)41-38(48)44-36(54)28-14-20(4)46-50(28)8-2/h13-18H,7-12H2,1-6H3,(H2,39,51)(H2,40,52)(H,41,44,54)(H,42,43,53). The molecule has 4 amide bonds. The molecule has 5 aromatic heterocycles. The lowest BCUT2D eigenvalue weighted by Crippen LogP contribution is -2.20. The van der Waals surface area contributed by atoms with Gasteiger partial charge in [-0.15, -0.1) is 0 Å². The second-order valence-electron chi connectivity index (χ2n) is 13.4. The fraction of sp³-hybridized carbons (Fsp3) is 0.316. The number of aromatic nitrogens is 8. The summed E-state index contributed by atoms with van der Waals surface area (Å²) in [5.74, 6) is -0.692. The molecule has 0 aliphatic rings. The summed E-state index contributed by atoms with van der Waals surface area (Å²) in [6.07, 6.45) is 1.09. The molecule has 0 aliphatic carbocycles. The SMILES string of the molecule is CCn1nc(C)cc1C(=O)Nc1nc2cc(C(N)=O)cc(OC)c2n1CCCCn1c(NC(=O)c2cc(C)nn2CC)nc2cc(C(N)=O)c3oc(C)cc3c21. The Morgan fingerprint density at radius 2 is 1.27 bits per heavy atom. The number of unbranched alkanes of at least 4 members (excludes halogenated alkanes) is 1. The number of methoxy groups -OCH3 is 1. The first-order chi connectivity index (χ1) is 26.8. The van der Waals surface area contributed by atoms with E-state index in [1.54, 1.807) is 46.6 Å². The monoisotopic (exact) mass is 762 g/mol. The van der Waals surface area contributed by atoms with E-state index >= 15 is 0 Å². The highest BCUT2D eigenvalue weighted by Crippen LogP contribution is 2.35. The van der Waals surface area contributed by atoms with E-state index < -0.39 is 23.6 Å². The number of amides is 4. The number of anilines is 2. The topological polar surface area (TPSA) is 238 Å². The number of primary amides is 2. The molecular formula is C38H42N12O6. The van der Waals surface area contributed by atoms with Crippen molar-refractivity contribution in [1.82, 2.24) is 38.7 Å². The third-order valence-electron chi connectivity index (χ3n) is 9.54. The third-order valence-corrected chi connectivity index (χ3v) is 9.54. The van der Waals surface area contributed by atoms with Crippen LogP contribution in [0.3, 0.4) is 0 Å². The summed E-state index contributed by atoms with van der Waals surface area (Å²) in [5, 5.41) is 15.3. The smallest absolute Gasteiger partial charge is 0.276 e. The van der Waals surface area contributed by atoms with E-state index in [0.29, 0.717) is 106 Å². The van der Waals surface area contributed by atoms with E-state index in [0.717, 1.165) is 0 Å². The zero-order valence-electron chi connectivity index (χ0n) is 31.9. The molecule has 56 heavy (non-hydrogen) atoms. The maximum Gasteiger partial charge on any atom is 0.276 e. The van der Waals surface area contributed by atoms with Gasteiger partial charge in [0.15, 0.2) is 0 Å². The molecule has 0 spiro atoms. The van der Waals surface area contributed by atoms with Crippen LogP contribution in [0.2, 0.25) is 0 Å². The van der Waals surface area contributed by atoms with Gasteiger partial charge in [-0.2, -0.15) is 10.2 Å². The zero-order chi connectivity index (χ0) is 40.0. The summed E-state index contributed by atoms with van der Waals surface area (Å²) >= 11 is 0. The van der Waals surface area contributed by atoms with Crippen LogP contribution in [0.15, 0.2) is 40.8 Å². The number of benzene rings is 2. The van der Waals surface area contributed by atoms with Gasteiger partial charge in [-0.05, 0) is 83.9 Å². The normalized spacial score (nSPS) is 11.5. The largest absolute Gasteiger partial charge is 0.494 e. The number of carbonyl (C=O) groups is 4. The third kappa shape index (κ3) is 6.69. The van der Waals surface area contributed by atoms with E-state index in [4.69, 9.17) is 30.6 Å². The average Bonchev–Trinajstić information content (AvgIpc) is 3.98. The molecule has 7 aromatic rings. The maximum atomic E-state index is 13.7. The van der Waals surface area contributed by atoms with Crippen LogP contribution in [0.1, 0.15) is 85.5 Å². The van der Waals surface area contributed by atoms with Crippen LogP contribution in [0.25, 0.3) is 33.0 Å². The molecule has 7 rings (SSSR count). The van der Waals surface area contributed by atoms with Crippen LogP contribution >= 0.6 is 0 Å². The van der Waals surface area contributed by atoms with Gasteiger partial charge in [0.25, 0.3) is 17.7 Å². The summed E-state index contributed by atoms with van der Waals surface area (Å²) in [7, 11) is 1.48. The second-order valence-corrected chi connectivity index (χ2v) is 13.4. The fourth-order valence-electron chi connectivity index (χ4n) is 7.09. The number of fused-ring (bicyclic) bond motifs is 4. The average molecular weight is 763 g/mol. The Kier molecular flexibility index (Phi) is 9.79. The van der Waals surface area contributed by atoms with Gasteiger partial charge in [0.05, 0.1) is 40.6 Å². The molecule has 5 heterocycles. The molecule has 290 valence electrons. The van der Waals surface area contributed by atoms with Gasteiger partial charge in [0, 0.05) is 37.1 Å². The van der Waals surface area contributed by atoms with Crippen LogP contribution in [0.5, 0.6) is 5.75 Å². The van der Waals surface area contributed by atoms with Crippen molar-refractivity contribution in [2.75, 3.05) is 17.7 Å². The minimum Gasteiger partial charge on any atom is -0.494 e. The van der Waals surface area contributed by atoms with Gasteiger partial charge in [0.1, 0.15) is 34.0 Å². The lowest BCUT2D eigenvalue weighted by molar-refractivity contribution is 0.0992. The van der Waals surface area contributed by atoms with Crippen molar-refractivity contribution in [1.29, 1.82) is 0 Å². The number of nitrogens with zero attached hydrogens (tertiary/aromatic N) is 8. The van der Waals surface area contributed by atoms with E-state index in [2.05, 4.69) is 20.8 Å². The van der Waals surface area contributed by atoms with Gasteiger partial charge in [-0.25, -0.2) is 9.97 Å². The molecular weight excluding hydrogens is 720 g/mol. The first-order valence-corrected chi connectivity index (χ1v) is 18.1. The summed E-state index contributed by atoms with van der Waals surface area (Å²) in [6.45, 7) is 10.9. The molecule has 0 saturated heterocycles. The molecule has 0 fully saturated rings. The van der Waals surface area contributed by atoms with Crippen molar-refractivity contribution < 1.29 is 28.3 Å². The van der Waals surface area contributed by atoms with E-state index in [1.165, 1.54) is 7.11 Å². The van der Waals surface area contributed by atoms with Gasteiger partial charge in [-0.1, -0.05) is 0 Å². The summed E-state index contributed by atoms with van der Waals surface area (Å²) in [4.78, 5) is 61.4. The van der Waals surface area contributed by atoms with E-state index in [9.17, 15) is 19.2 Å². The molecule has 0 bridgehead atoms. The highest BCUT2D eigenvalue weighted by Gasteiger charge is 2.25. The van der Waals surface area contributed by atoms with Crippen LogP contribution in [-0.4, -0.2) is 69.4 Å². The Morgan fingerprint density at radius 3 is 1.77 bits per heavy atom. The predicted octanol–water partition coefficient (Wildman–Crippen LogP) is 4.68. The number of ether oxygens (including phenoxy) is 1. The van der Waals surface area contributed by atoms with Gasteiger partial charge in [0.2, 0.25) is 17.8 Å². The van der Waals surface area contributed by atoms with E-state index in [-0.39, 0.29) is 23.0 Å². The van der Waals surface area contributed by atoms with Crippen molar-refractivity contribution in [2.24, 2.45) is 11.5 Å². The number of furan rings is 1. The molecule has 0 unspecified atom stereocenters. The molecule has 18 nitrogen and oxygen atoms in total. The van der Waals surface area contributed by atoms with Crippen LogP contribution in [-0.2, 0) is 26.2 Å². The maximum absolute atomic E-state index is 13.7. The zero-order valence-corrected chi connectivity index (χ0v) is 31.9. The summed E-state index contributed by atoms with van der Waals surface area (Å²) in [6, 6.07) is 9.89. The number of carbonyl (C=O) groups excluding carboxylic acids is 4. The van der Waals surface area contributed by atoms with Crippen molar-refractivity contribution in [2.45, 2.75) is 73.6 Å². The number of hydrogen-bond donors (Lipinski definition) is 4. The Balaban J connectivity index is 1.25. The van der Waals surface area contributed by atoms with Crippen molar-refractivity contribution >= 4 is 68.6 Å². The van der Waals surface area contributed by atoms with Gasteiger partial charge in [-0.3, -0.25) is 39.2 Å². The number of rotatable bonds is 14. The quantitative estimate of drug-likeness (QED) is 0.112. The van der Waals surface area contributed by atoms with Crippen molar-refractivity contribution in [3.63, 3.8) is 0 Å². The Bertz CT molecular complexity index is 2710. The van der Waals surface area contributed by atoms with E-state index in [1.807, 2.05) is 42.9 Å². The van der Waals surface area contributed by atoms with Crippen molar-refractivity contribution in [3.05, 3.63) is 76.1 Å². The molecule has 0 radical (unpaired) electrons. The van der Waals surface area contributed by atoms with Crippen LogP contribution in [0, 0.1) is 20.8 Å².